The number of hydrogen-bond acceptors (Lipinski definition) is 4. The van der Waals surface area contributed by atoms with E-state index in [1.807, 2.05) is 0 Å². The number of nitrogens with zero attached hydrogens (tertiary/aromatic N) is 3. The number of aromatic nitrogens is 3. The van der Waals surface area contributed by atoms with Gasteiger partial charge in [-0.2, -0.15) is 18.3 Å². The maximum atomic E-state index is 14.0. The maximum Gasteiger partial charge on any atom is 0.523 e. The summed E-state index contributed by atoms with van der Waals surface area (Å²) in [5, 5.41) is 4.12. The molecule has 172 valence electrons. The monoisotopic (exact) mass is 479 g/mol. The Balaban J connectivity index is 2.11. The summed E-state index contributed by atoms with van der Waals surface area (Å²) in [7, 11) is 0. The Hall–Kier alpha value is -2.79. The van der Waals surface area contributed by atoms with E-state index in [0.717, 1.165) is 29.5 Å². The van der Waals surface area contributed by atoms with Crippen molar-refractivity contribution in [2.45, 2.75) is 38.0 Å². The molecule has 0 bridgehead atoms. The highest BCUT2D eigenvalue weighted by Gasteiger charge is 2.48. The van der Waals surface area contributed by atoms with Gasteiger partial charge in [-0.1, -0.05) is 24.6 Å². The summed E-state index contributed by atoms with van der Waals surface area (Å²) in [6, 6.07) is 8.54. The van der Waals surface area contributed by atoms with E-state index >= 15 is 0 Å². The van der Waals surface area contributed by atoms with Crippen molar-refractivity contribution in [1.29, 1.82) is 0 Å². The lowest BCUT2D eigenvalue weighted by atomic mass is 9.86. The third kappa shape index (κ3) is 5.71. The van der Waals surface area contributed by atoms with Gasteiger partial charge in [0.05, 0.1) is 12.1 Å². The van der Waals surface area contributed by atoms with Crippen LogP contribution in [0.1, 0.15) is 24.5 Å². The summed E-state index contributed by atoms with van der Waals surface area (Å²) >= 11 is 5.78. The van der Waals surface area contributed by atoms with E-state index in [2.05, 4.69) is 14.8 Å². The minimum Gasteiger partial charge on any atom is -0.457 e. The highest BCUT2D eigenvalue weighted by molar-refractivity contribution is 6.30. The van der Waals surface area contributed by atoms with Crippen LogP contribution >= 0.6 is 11.6 Å². The van der Waals surface area contributed by atoms with Crippen molar-refractivity contribution in [1.82, 2.24) is 14.8 Å². The zero-order valence-electron chi connectivity index (χ0n) is 16.4. The molecule has 0 aliphatic rings. The van der Waals surface area contributed by atoms with Gasteiger partial charge in [0, 0.05) is 5.02 Å². The number of alkyl halides is 6. The first kappa shape index (κ1) is 23.9. The van der Waals surface area contributed by atoms with E-state index in [4.69, 9.17) is 16.3 Å². The van der Waals surface area contributed by atoms with Crippen molar-refractivity contribution in [3.05, 3.63) is 71.3 Å². The lowest BCUT2D eigenvalue weighted by molar-refractivity contribution is -0.374. The quantitative estimate of drug-likeness (QED) is 0.359. The molecular formula is C20H16ClF6N3O2. The first-order valence-corrected chi connectivity index (χ1v) is 9.54. The standard InChI is InChI=1S/C20H16ClF6N3O2/c1-2-18(32-20(25,26)27,10-30-12-28-11-29-30)16-8-7-15(9-17(16)19(22,23)24)31-14-5-3-13(21)4-6-14/h3-9,11-12H,2,10H2,1H3. The highest BCUT2D eigenvalue weighted by Crippen LogP contribution is 2.45. The van der Waals surface area contributed by atoms with Crippen LogP contribution < -0.4 is 4.74 Å². The minimum absolute atomic E-state index is 0.200. The van der Waals surface area contributed by atoms with Crippen molar-refractivity contribution in [2.24, 2.45) is 0 Å². The van der Waals surface area contributed by atoms with Gasteiger partial charge in [-0.25, -0.2) is 9.67 Å². The van der Waals surface area contributed by atoms with Crippen LogP contribution in [0.2, 0.25) is 5.02 Å². The van der Waals surface area contributed by atoms with Gasteiger partial charge in [-0.15, -0.1) is 13.2 Å². The Morgan fingerprint density at radius 3 is 2.12 bits per heavy atom. The van der Waals surface area contributed by atoms with Crippen LogP contribution in [0.3, 0.4) is 0 Å². The third-order valence-corrected chi connectivity index (χ3v) is 4.85. The van der Waals surface area contributed by atoms with Gasteiger partial charge in [-0.3, -0.25) is 4.74 Å². The van der Waals surface area contributed by atoms with Gasteiger partial charge in [-0.05, 0) is 48.4 Å². The first-order valence-electron chi connectivity index (χ1n) is 9.16. The molecule has 12 heteroatoms. The number of benzene rings is 2. The fourth-order valence-electron chi connectivity index (χ4n) is 3.20. The van der Waals surface area contributed by atoms with Crippen molar-refractivity contribution < 1.29 is 35.8 Å². The van der Waals surface area contributed by atoms with E-state index in [1.165, 1.54) is 31.2 Å². The summed E-state index contributed by atoms with van der Waals surface area (Å²) in [5.74, 6) is -0.0210. The van der Waals surface area contributed by atoms with E-state index in [9.17, 15) is 26.3 Å². The average Bonchev–Trinajstić information content (AvgIpc) is 3.20. The maximum absolute atomic E-state index is 14.0. The van der Waals surface area contributed by atoms with Crippen LogP contribution in [-0.4, -0.2) is 21.1 Å². The van der Waals surface area contributed by atoms with Gasteiger partial charge >= 0.3 is 12.5 Å². The SMILES string of the molecule is CCC(Cn1cncn1)(OC(F)(F)F)c1ccc(Oc2ccc(Cl)cc2)cc1C(F)(F)F. The van der Waals surface area contributed by atoms with Crippen LogP contribution in [0.25, 0.3) is 0 Å². The van der Waals surface area contributed by atoms with Gasteiger partial charge in [0.25, 0.3) is 0 Å². The molecule has 32 heavy (non-hydrogen) atoms. The normalized spacial score (nSPS) is 14.2. The van der Waals surface area contributed by atoms with Crippen molar-refractivity contribution in [3.8, 4) is 11.5 Å². The molecule has 0 spiro atoms. The molecule has 5 nitrogen and oxygen atoms in total. The fraction of sp³-hybridized carbons (Fsp3) is 0.300. The molecule has 2 aromatic carbocycles. The van der Waals surface area contributed by atoms with E-state index < -0.39 is 42.2 Å². The molecule has 0 aliphatic carbocycles. The second-order valence-electron chi connectivity index (χ2n) is 6.75. The number of ether oxygens (including phenoxy) is 2. The molecule has 1 atom stereocenters. The molecule has 3 rings (SSSR count). The summed E-state index contributed by atoms with van der Waals surface area (Å²) in [6.45, 7) is 0.643. The smallest absolute Gasteiger partial charge is 0.457 e. The molecule has 3 aromatic rings. The van der Waals surface area contributed by atoms with Gasteiger partial charge in [0.2, 0.25) is 0 Å². The van der Waals surface area contributed by atoms with Gasteiger partial charge < -0.3 is 4.74 Å². The van der Waals surface area contributed by atoms with Crippen LogP contribution in [0.15, 0.2) is 55.1 Å². The summed E-state index contributed by atoms with van der Waals surface area (Å²) < 4.78 is 92.5. The number of halogens is 7. The van der Waals surface area contributed by atoms with Crippen molar-refractivity contribution >= 4 is 11.6 Å². The van der Waals surface area contributed by atoms with Crippen LogP contribution in [0.5, 0.6) is 11.5 Å². The Morgan fingerprint density at radius 2 is 1.59 bits per heavy atom. The number of rotatable bonds is 7. The largest absolute Gasteiger partial charge is 0.523 e. The third-order valence-electron chi connectivity index (χ3n) is 4.60. The predicted molar refractivity (Wildman–Crippen MR) is 102 cm³/mol. The molecule has 0 N–H and O–H groups in total. The van der Waals surface area contributed by atoms with E-state index in [-0.39, 0.29) is 11.5 Å². The molecule has 0 amide bonds. The van der Waals surface area contributed by atoms with Crippen molar-refractivity contribution in [3.63, 3.8) is 0 Å². The van der Waals surface area contributed by atoms with Gasteiger partial charge in [0.1, 0.15) is 29.8 Å². The molecular weight excluding hydrogens is 464 g/mol. The summed E-state index contributed by atoms with van der Waals surface area (Å²) in [5.41, 5.74) is -4.45. The second-order valence-corrected chi connectivity index (χ2v) is 7.19. The van der Waals surface area contributed by atoms with Crippen molar-refractivity contribution in [2.75, 3.05) is 0 Å². The fourth-order valence-corrected chi connectivity index (χ4v) is 3.33. The lowest BCUT2D eigenvalue weighted by Crippen LogP contribution is -2.41. The lowest BCUT2D eigenvalue weighted by Gasteiger charge is -2.35. The Bertz CT molecular complexity index is 1040. The molecule has 0 saturated carbocycles. The molecule has 1 aromatic heterocycles. The Morgan fingerprint density at radius 1 is 0.938 bits per heavy atom. The second kappa shape index (κ2) is 8.99. The topological polar surface area (TPSA) is 49.2 Å². The number of hydrogen-bond donors (Lipinski definition) is 0. The van der Waals surface area contributed by atoms with Crippen LogP contribution in [0, 0.1) is 0 Å². The molecule has 1 heterocycles. The molecule has 0 saturated heterocycles. The van der Waals surface area contributed by atoms with Crippen LogP contribution in [0.4, 0.5) is 26.3 Å². The van der Waals surface area contributed by atoms with E-state index in [0.29, 0.717) is 11.1 Å². The zero-order chi connectivity index (χ0) is 23.6. The molecule has 1 unspecified atom stereocenters. The predicted octanol–water partition coefficient (Wildman–Crippen LogP) is 6.58. The minimum atomic E-state index is -5.21. The Labute approximate surface area is 183 Å². The molecule has 0 radical (unpaired) electrons. The van der Waals surface area contributed by atoms with Gasteiger partial charge in [0.15, 0.2) is 0 Å². The molecule has 0 aliphatic heterocycles. The zero-order valence-corrected chi connectivity index (χ0v) is 17.2. The van der Waals surface area contributed by atoms with Crippen LogP contribution in [-0.2, 0) is 23.1 Å². The summed E-state index contributed by atoms with van der Waals surface area (Å²) in [4.78, 5) is 3.63. The first-order chi connectivity index (χ1) is 14.9. The summed E-state index contributed by atoms with van der Waals surface area (Å²) in [6.07, 6.45) is -8.49. The average molecular weight is 480 g/mol. The van der Waals surface area contributed by atoms with E-state index in [1.54, 1.807) is 0 Å². The molecule has 0 fully saturated rings. The highest BCUT2D eigenvalue weighted by atomic mass is 35.5. The Kier molecular flexibility index (Phi) is 6.70.